The molecule has 2 unspecified atom stereocenters. The summed E-state index contributed by atoms with van der Waals surface area (Å²) in [7, 11) is 0. The van der Waals surface area contributed by atoms with Crippen molar-refractivity contribution in [2.45, 2.75) is 44.8 Å². The molecule has 2 fully saturated rings. The molecule has 0 spiro atoms. The standard InChI is InChI=1S/C24H24ClN7O3/c1-13-10-15(13)23-28-22(29-35-23)19-21-24(34)31(9-8-30-6-4-14(33)5-7-30)20-16(11-26)17(25)2-3-18(20)32(21)12-27-19/h2-3,12-15,33H,4-10H2,1H3. The number of imidazole rings is 1. The van der Waals surface area contributed by atoms with Crippen LogP contribution in [0, 0.1) is 17.2 Å². The van der Waals surface area contributed by atoms with E-state index < -0.39 is 0 Å². The lowest BCUT2D eigenvalue weighted by molar-refractivity contribution is 0.0810. The lowest BCUT2D eigenvalue weighted by Crippen LogP contribution is -2.39. The molecule has 4 aromatic rings. The number of aromatic nitrogens is 5. The molecule has 2 aliphatic rings. The van der Waals surface area contributed by atoms with E-state index in [0.717, 1.165) is 19.5 Å². The maximum atomic E-state index is 13.9. The Balaban J connectivity index is 1.50. The van der Waals surface area contributed by atoms with Gasteiger partial charge < -0.3 is 19.1 Å². The van der Waals surface area contributed by atoms with Gasteiger partial charge in [0.15, 0.2) is 0 Å². The molecule has 11 heteroatoms. The van der Waals surface area contributed by atoms with Crippen molar-refractivity contribution >= 4 is 28.2 Å². The molecule has 3 aromatic heterocycles. The maximum absolute atomic E-state index is 13.9. The maximum Gasteiger partial charge on any atom is 0.277 e. The first-order valence-electron chi connectivity index (χ1n) is 11.8. The van der Waals surface area contributed by atoms with Crippen LogP contribution >= 0.6 is 11.6 Å². The highest BCUT2D eigenvalue weighted by Crippen LogP contribution is 2.46. The van der Waals surface area contributed by atoms with E-state index in [1.807, 2.05) is 0 Å². The van der Waals surface area contributed by atoms with Crippen molar-refractivity contribution in [1.29, 1.82) is 5.26 Å². The Morgan fingerprint density at radius 1 is 1.26 bits per heavy atom. The quantitative estimate of drug-likeness (QED) is 0.450. The van der Waals surface area contributed by atoms with Crippen LogP contribution < -0.4 is 5.56 Å². The number of halogens is 1. The van der Waals surface area contributed by atoms with Crippen LogP contribution in [-0.4, -0.2) is 59.8 Å². The molecule has 0 bridgehead atoms. The molecule has 0 radical (unpaired) electrons. The van der Waals surface area contributed by atoms with Crippen LogP contribution in [0.5, 0.6) is 0 Å². The van der Waals surface area contributed by atoms with Gasteiger partial charge in [-0.3, -0.25) is 9.20 Å². The summed E-state index contributed by atoms with van der Waals surface area (Å²) in [6.07, 6.45) is 3.69. The highest BCUT2D eigenvalue weighted by molar-refractivity contribution is 6.32. The van der Waals surface area contributed by atoms with Crippen molar-refractivity contribution in [3.05, 3.63) is 45.3 Å². The van der Waals surface area contributed by atoms with Crippen molar-refractivity contribution in [2.24, 2.45) is 5.92 Å². The van der Waals surface area contributed by atoms with Crippen LogP contribution in [0.25, 0.3) is 28.1 Å². The smallest absolute Gasteiger partial charge is 0.277 e. The summed E-state index contributed by atoms with van der Waals surface area (Å²) in [4.78, 5) is 25.1. The summed E-state index contributed by atoms with van der Waals surface area (Å²) in [6, 6.07) is 5.61. The fourth-order valence-electron chi connectivity index (χ4n) is 5.00. The average molecular weight is 494 g/mol. The first-order valence-corrected chi connectivity index (χ1v) is 12.2. The van der Waals surface area contributed by atoms with Crippen LogP contribution in [0.4, 0.5) is 0 Å². The second-order valence-electron chi connectivity index (χ2n) is 9.52. The lowest BCUT2D eigenvalue weighted by atomic mass is 10.1. The van der Waals surface area contributed by atoms with Gasteiger partial charge in [-0.25, -0.2) is 4.98 Å². The number of aliphatic hydroxyl groups is 1. The van der Waals surface area contributed by atoms with Crippen LogP contribution in [0.15, 0.2) is 27.8 Å². The van der Waals surface area contributed by atoms with Crippen molar-refractivity contribution < 1.29 is 9.63 Å². The zero-order valence-electron chi connectivity index (χ0n) is 19.2. The van der Waals surface area contributed by atoms with Gasteiger partial charge in [0.1, 0.15) is 23.6 Å². The number of likely N-dealkylation sites (tertiary alicyclic amines) is 1. The van der Waals surface area contributed by atoms with E-state index in [-0.39, 0.29) is 34.0 Å². The minimum Gasteiger partial charge on any atom is -0.393 e. The number of nitrogens with zero attached hydrogens (tertiary/aromatic N) is 7. The second kappa shape index (κ2) is 8.45. The molecule has 10 nitrogen and oxygen atoms in total. The van der Waals surface area contributed by atoms with Crippen molar-refractivity contribution in [2.75, 3.05) is 19.6 Å². The predicted molar refractivity (Wildman–Crippen MR) is 128 cm³/mol. The van der Waals surface area contributed by atoms with Gasteiger partial charge in [-0.15, -0.1) is 0 Å². The number of hydrogen-bond donors (Lipinski definition) is 1. The average Bonchev–Trinajstić information content (AvgIpc) is 3.23. The normalized spacial score (nSPS) is 21.1. The molecule has 6 rings (SSSR count). The number of aliphatic hydroxyl groups excluding tert-OH is 1. The molecule has 1 saturated heterocycles. The molecule has 1 N–H and O–H groups in total. The van der Waals surface area contributed by atoms with E-state index >= 15 is 0 Å². The number of hydrogen-bond acceptors (Lipinski definition) is 8. The number of rotatable bonds is 5. The van der Waals surface area contributed by atoms with Gasteiger partial charge in [-0.05, 0) is 37.3 Å². The Kier molecular flexibility index (Phi) is 5.36. The fraction of sp³-hybridized carbons (Fsp3) is 0.458. The Morgan fingerprint density at radius 2 is 2.03 bits per heavy atom. The predicted octanol–water partition coefficient (Wildman–Crippen LogP) is 2.80. The summed E-state index contributed by atoms with van der Waals surface area (Å²) in [6.45, 7) is 4.60. The Labute approximate surface area is 205 Å². The molecule has 1 aromatic carbocycles. The van der Waals surface area contributed by atoms with E-state index in [0.29, 0.717) is 60.0 Å². The fourth-order valence-corrected chi connectivity index (χ4v) is 5.20. The largest absolute Gasteiger partial charge is 0.393 e. The number of piperidine rings is 1. The third-order valence-corrected chi connectivity index (χ3v) is 7.55. The van der Waals surface area contributed by atoms with Crippen LogP contribution in [0.2, 0.25) is 5.02 Å². The van der Waals surface area contributed by atoms with Crippen molar-refractivity contribution in [3.63, 3.8) is 0 Å². The van der Waals surface area contributed by atoms with E-state index in [4.69, 9.17) is 16.1 Å². The lowest BCUT2D eigenvalue weighted by Gasteiger charge is -2.29. The van der Waals surface area contributed by atoms with E-state index in [1.54, 1.807) is 27.4 Å². The summed E-state index contributed by atoms with van der Waals surface area (Å²) in [5.74, 6) is 1.61. The summed E-state index contributed by atoms with van der Waals surface area (Å²) >= 11 is 6.36. The zero-order valence-corrected chi connectivity index (χ0v) is 19.9. The molecule has 2 atom stereocenters. The third-order valence-electron chi connectivity index (χ3n) is 7.24. The van der Waals surface area contributed by atoms with E-state index in [2.05, 4.69) is 33.0 Å². The topological polar surface area (TPSA) is 125 Å². The number of benzene rings is 1. The first kappa shape index (κ1) is 22.2. The van der Waals surface area contributed by atoms with Gasteiger partial charge in [0.25, 0.3) is 5.56 Å². The van der Waals surface area contributed by atoms with Gasteiger partial charge in [-0.1, -0.05) is 23.7 Å². The molecule has 1 aliphatic carbocycles. The summed E-state index contributed by atoms with van der Waals surface area (Å²) < 4.78 is 8.75. The van der Waals surface area contributed by atoms with Crippen LogP contribution in [-0.2, 0) is 6.54 Å². The molecular weight excluding hydrogens is 470 g/mol. The van der Waals surface area contributed by atoms with Crippen molar-refractivity contribution in [3.8, 4) is 17.6 Å². The third kappa shape index (κ3) is 3.71. The van der Waals surface area contributed by atoms with Crippen LogP contribution in [0.1, 0.15) is 43.6 Å². The Bertz CT molecular complexity index is 1540. The van der Waals surface area contributed by atoms with Crippen molar-refractivity contribution in [1.82, 2.24) is 29.0 Å². The second-order valence-corrected chi connectivity index (χ2v) is 9.93. The van der Waals surface area contributed by atoms with Gasteiger partial charge in [-0.2, -0.15) is 10.2 Å². The zero-order chi connectivity index (χ0) is 24.3. The molecule has 1 saturated carbocycles. The number of fused-ring (bicyclic) bond motifs is 3. The van der Waals surface area contributed by atoms with E-state index in [9.17, 15) is 15.2 Å². The first-order chi connectivity index (χ1) is 17.0. The molecule has 1 aliphatic heterocycles. The summed E-state index contributed by atoms with van der Waals surface area (Å²) in [5, 5.41) is 24.1. The Morgan fingerprint density at radius 3 is 2.74 bits per heavy atom. The SMILES string of the molecule is CC1CC1c1nc(-c2ncn3c2c(=O)n(CCN2CCC(O)CC2)c2c(C#N)c(Cl)ccc23)no1. The minimum absolute atomic E-state index is 0.247. The molecule has 0 amide bonds. The molecule has 180 valence electrons. The van der Waals surface area contributed by atoms with Gasteiger partial charge >= 0.3 is 0 Å². The van der Waals surface area contributed by atoms with Gasteiger partial charge in [0.05, 0.1) is 27.7 Å². The number of nitriles is 1. The van der Waals surface area contributed by atoms with Gasteiger partial charge in [0, 0.05) is 32.1 Å². The minimum atomic E-state index is -0.299. The Hall–Kier alpha value is -3.26. The highest BCUT2D eigenvalue weighted by atomic mass is 35.5. The molecular formula is C24H24ClN7O3. The van der Waals surface area contributed by atoms with E-state index in [1.165, 1.54) is 0 Å². The van der Waals surface area contributed by atoms with Crippen LogP contribution in [0.3, 0.4) is 0 Å². The monoisotopic (exact) mass is 493 g/mol. The highest BCUT2D eigenvalue weighted by Gasteiger charge is 2.39. The summed E-state index contributed by atoms with van der Waals surface area (Å²) in [5.41, 5.74) is 1.74. The molecule has 35 heavy (non-hydrogen) atoms. The molecule has 4 heterocycles. The van der Waals surface area contributed by atoms with Gasteiger partial charge in [0.2, 0.25) is 11.7 Å².